The van der Waals surface area contributed by atoms with Gasteiger partial charge in [0, 0.05) is 12.3 Å². The molecule has 2 N–H and O–H groups in total. The van der Waals surface area contributed by atoms with E-state index in [4.69, 9.17) is 17.0 Å². The van der Waals surface area contributed by atoms with Gasteiger partial charge in [0.2, 0.25) is 11.8 Å². The van der Waals surface area contributed by atoms with Crippen LogP contribution < -0.4 is 10.2 Å². The van der Waals surface area contributed by atoms with Crippen molar-refractivity contribution >= 4 is 35.4 Å². The molecular weight excluding hydrogens is 316 g/mol. The number of ether oxygens (including phenoxy) is 1. The van der Waals surface area contributed by atoms with Gasteiger partial charge in [-0.25, -0.2) is 0 Å². The molecule has 2 saturated heterocycles. The van der Waals surface area contributed by atoms with Gasteiger partial charge in [-0.1, -0.05) is 6.92 Å². The molecule has 2 heterocycles. The smallest absolute Gasteiger partial charge is 0.247 e. The molecule has 0 aliphatic carbocycles. The van der Waals surface area contributed by atoms with Gasteiger partial charge in [0.1, 0.15) is 13.1 Å². The molecule has 0 aromatic rings. The Balaban J connectivity index is 1.91. The number of rotatable bonds is 6. The topological polar surface area (TPSA) is 75.4 Å². The van der Waals surface area contributed by atoms with E-state index in [1.165, 1.54) is 16.0 Å². The predicted octanol–water partition coefficient (Wildman–Crippen LogP) is -1.37. The van der Waals surface area contributed by atoms with Crippen molar-refractivity contribution in [2.75, 3.05) is 39.4 Å². The summed E-state index contributed by atoms with van der Waals surface area (Å²) < 4.78 is 5.31. The maximum atomic E-state index is 12.5. The fourth-order valence-electron chi connectivity index (χ4n) is 2.65. The molecule has 0 radical (unpaired) electrons. The van der Waals surface area contributed by atoms with Gasteiger partial charge in [0.05, 0.1) is 26.3 Å². The number of nitrogens with zero attached hydrogens (tertiary/aromatic N) is 2. The molecule has 0 spiro atoms. The first-order valence-corrected chi connectivity index (χ1v) is 8.54. The number of hydrogen-bond acceptors (Lipinski definition) is 5. The third-order valence-corrected chi connectivity index (χ3v) is 4.61. The van der Waals surface area contributed by atoms with E-state index in [9.17, 15) is 9.59 Å². The number of carbonyl (C=O) groups is 2. The summed E-state index contributed by atoms with van der Waals surface area (Å²) in [4.78, 5) is 31.7. The second-order valence-electron chi connectivity index (χ2n) is 5.91. The van der Waals surface area contributed by atoms with Crippen LogP contribution in [0.2, 0.25) is 0 Å². The van der Waals surface area contributed by atoms with E-state index >= 15 is 0 Å². The summed E-state index contributed by atoms with van der Waals surface area (Å²) in [5.74, 6) is -1.55. The number of nitrogens with one attached hydrogen (secondary N) is 2. The molecular formula is C15H25N4O3S+. The molecule has 128 valence electrons. The number of amides is 2. The van der Waals surface area contributed by atoms with E-state index in [1.807, 2.05) is 13.8 Å². The van der Waals surface area contributed by atoms with Crippen LogP contribution >= 0.6 is 12.2 Å². The summed E-state index contributed by atoms with van der Waals surface area (Å²) in [6.45, 7) is 8.90. The fourth-order valence-corrected chi connectivity index (χ4v) is 3.02. The number of quaternary nitrogens is 1. The van der Waals surface area contributed by atoms with Crippen molar-refractivity contribution in [3.63, 3.8) is 0 Å². The Morgan fingerprint density at radius 3 is 2.83 bits per heavy atom. The average Bonchev–Trinajstić information content (AvgIpc) is 2.54. The highest BCUT2D eigenvalue weighted by Crippen LogP contribution is 2.14. The van der Waals surface area contributed by atoms with Crippen LogP contribution in [0.15, 0.2) is 4.99 Å². The van der Waals surface area contributed by atoms with Gasteiger partial charge < -0.3 is 15.0 Å². The first kappa shape index (κ1) is 18.0. The largest absolute Gasteiger partial charge is 0.370 e. The van der Waals surface area contributed by atoms with E-state index in [1.54, 1.807) is 0 Å². The third-order valence-electron chi connectivity index (χ3n) is 4.32. The molecule has 23 heavy (non-hydrogen) atoms. The van der Waals surface area contributed by atoms with E-state index in [0.717, 1.165) is 39.3 Å². The van der Waals surface area contributed by atoms with Crippen molar-refractivity contribution in [2.24, 2.45) is 10.9 Å². The Labute approximate surface area is 142 Å². The molecule has 0 aromatic carbocycles. The number of morpholine rings is 1. The Bertz CT molecular complexity index is 491. The van der Waals surface area contributed by atoms with E-state index in [-0.39, 0.29) is 23.0 Å². The van der Waals surface area contributed by atoms with Crippen LogP contribution in [0.1, 0.15) is 20.3 Å². The molecule has 8 heteroatoms. The average molecular weight is 341 g/mol. The summed E-state index contributed by atoms with van der Waals surface area (Å²) in [7, 11) is 0. The quantitative estimate of drug-likeness (QED) is 0.355. The van der Waals surface area contributed by atoms with Crippen LogP contribution in [0.3, 0.4) is 0 Å². The van der Waals surface area contributed by atoms with Gasteiger partial charge in [-0.2, -0.15) is 0 Å². The Morgan fingerprint density at radius 1 is 1.48 bits per heavy atom. The molecule has 2 amide bonds. The Kier molecular flexibility index (Phi) is 6.61. The summed E-state index contributed by atoms with van der Waals surface area (Å²) >= 11 is 5.11. The maximum absolute atomic E-state index is 12.5. The lowest BCUT2D eigenvalue weighted by Crippen LogP contribution is -3.14. The van der Waals surface area contributed by atoms with Gasteiger partial charge in [0.25, 0.3) is 0 Å². The van der Waals surface area contributed by atoms with Crippen molar-refractivity contribution < 1.29 is 19.2 Å². The lowest BCUT2D eigenvalue weighted by Gasteiger charge is -2.34. The number of hydrogen-bond donors (Lipinski definition) is 2. The number of aliphatic imine (C=N–C) groups is 1. The van der Waals surface area contributed by atoms with Gasteiger partial charge in [-0.05, 0) is 25.6 Å². The van der Waals surface area contributed by atoms with Crippen molar-refractivity contribution in [2.45, 2.75) is 26.3 Å². The molecule has 2 atom stereocenters. The van der Waals surface area contributed by atoms with Gasteiger partial charge >= 0.3 is 0 Å². The molecule has 2 aliphatic rings. The normalized spacial score (nSPS) is 25.0. The predicted molar refractivity (Wildman–Crippen MR) is 90.6 cm³/mol. The minimum absolute atomic E-state index is 0.0377. The lowest BCUT2D eigenvalue weighted by molar-refractivity contribution is -0.906. The van der Waals surface area contributed by atoms with Crippen LogP contribution in [0.25, 0.3) is 0 Å². The van der Waals surface area contributed by atoms with Crippen molar-refractivity contribution in [3.05, 3.63) is 0 Å². The van der Waals surface area contributed by atoms with E-state index in [2.05, 4.69) is 10.3 Å². The molecule has 0 unspecified atom stereocenters. The van der Waals surface area contributed by atoms with Gasteiger partial charge in [-0.15, -0.1) is 0 Å². The highest BCUT2D eigenvalue weighted by Gasteiger charge is 2.39. The Hall–Kier alpha value is -1.38. The molecule has 0 aromatic heterocycles. The minimum atomic E-state index is -0.879. The summed E-state index contributed by atoms with van der Waals surface area (Å²) in [6, 6.07) is -0.0377. The van der Waals surface area contributed by atoms with Crippen molar-refractivity contribution in [1.82, 2.24) is 10.2 Å². The second-order valence-corrected chi connectivity index (χ2v) is 6.29. The molecule has 0 bridgehead atoms. The monoisotopic (exact) mass is 341 g/mol. The zero-order chi connectivity index (χ0) is 16.8. The third kappa shape index (κ3) is 4.55. The Morgan fingerprint density at radius 2 is 2.17 bits per heavy atom. The van der Waals surface area contributed by atoms with Crippen LogP contribution in [0.5, 0.6) is 0 Å². The van der Waals surface area contributed by atoms with Crippen LogP contribution in [0.4, 0.5) is 0 Å². The SMILES string of the molecule is CC[C@@H](C)N1C(=O)[C@@H](C=NCC[NH+]2CCOCC2)C(=O)NC1=S. The molecule has 2 aliphatic heterocycles. The van der Waals surface area contributed by atoms with Crippen LogP contribution in [0, 0.1) is 5.92 Å². The molecule has 7 nitrogen and oxygen atoms in total. The summed E-state index contributed by atoms with van der Waals surface area (Å²) in [6.07, 6.45) is 2.24. The highest BCUT2D eigenvalue weighted by atomic mass is 32.1. The van der Waals surface area contributed by atoms with Crippen molar-refractivity contribution in [1.29, 1.82) is 0 Å². The van der Waals surface area contributed by atoms with Gasteiger partial charge in [-0.3, -0.25) is 19.5 Å². The maximum Gasteiger partial charge on any atom is 0.247 e. The standard InChI is InChI=1S/C15H24N4O3S/c1-3-11(2)19-14(21)12(13(20)17-15(19)23)10-16-4-5-18-6-8-22-9-7-18/h10-12H,3-9H2,1-2H3,(H,17,20,23)/p+1/t11-,12+/m1/s1. The number of carbonyl (C=O) groups excluding carboxylic acids is 2. The lowest BCUT2D eigenvalue weighted by atomic mass is 10.0. The van der Waals surface area contributed by atoms with E-state index < -0.39 is 5.92 Å². The first-order chi connectivity index (χ1) is 11.0. The van der Waals surface area contributed by atoms with Crippen LogP contribution in [-0.4, -0.2) is 73.5 Å². The van der Waals surface area contributed by atoms with E-state index in [0.29, 0.717) is 6.54 Å². The van der Waals surface area contributed by atoms with Gasteiger partial charge in [0.15, 0.2) is 11.0 Å². The molecule has 2 rings (SSSR count). The zero-order valence-electron chi connectivity index (χ0n) is 13.7. The van der Waals surface area contributed by atoms with Crippen LogP contribution in [-0.2, 0) is 14.3 Å². The molecule has 2 fully saturated rings. The zero-order valence-corrected chi connectivity index (χ0v) is 14.5. The first-order valence-electron chi connectivity index (χ1n) is 8.13. The summed E-state index contributed by atoms with van der Waals surface area (Å²) in [5, 5.41) is 2.79. The highest BCUT2D eigenvalue weighted by molar-refractivity contribution is 7.80. The molecule has 0 saturated carbocycles. The second kappa shape index (κ2) is 8.47. The fraction of sp³-hybridized carbons (Fsp3) is 0.733. The minimum Gasteiger partial charge on any atom is -0.370 e. The summed E-state index contributed by atoms with van der Waals surface area (Å²) in [5.41, 5.74) is 0. The van der Waals surface area contributed by atoms with Crippen molar-refractivity contribution in [3.8, 4) is 0 Å². The number of thiocarbonyl (C=S) groups is 1.